The highest BCUT2D eigenvalue weighted by Gasteiger charge is 2.41. The summed E-state index contributed by atoms with van der Waals surface area (Å²) in [7, 11) is 1.79. The second-order valence-electron chi connectivity index (χ2n) is 8.11. The summed E-state index contributed by atoms with van der Waals surface area (Å²) in [5.41, 5.74) is 2.87. The van der Waals surface area contributed by atoms with Gasteiger partial charge in [-0.3, -0.25) is 0 Å². The van der Waals surface area contributed by atoms with Crippen molar-refractivity contribution in [2.24, 2.45) is 5.92 Å². The van der Waals surface area contributed by atoms with Crippen LogP contribution in [0.1, 0.15) is 44.2 Å². The maximum absolute atomic E-state index is 6.11. The zero-order valence-corrected chi connectivity index (χ0v) is 17.0. The highest BCUT2D eigenvalue weighted by atomic mass is 16.5. The predicted molar refractivity (Wildman–Crippen MR) is 110 cm³/mol. The van der Waals surface area contributed by atoms with Gasteiger partial charge in [-0.1, -0.05) is 62.4 Å². The Hall–Kier alpha value is -1.84. The third-order valence-electron chi connectivity index (χ3n) is 5.98. The van der Waals surface area contributed by atoms with Crippen molar-refractivity contribution in [1.29, 1.82) is 0 Å². The van der Waals surface area contributed by atoms with Crippen molar-refractivity contribution in [2.75, 3.05) is 20.3 Å². The lowest BCUT2D eigenvalue weighted by atomic mass is 9.68. The molecule has 0 aliphatic carbocycles. The van der Waals surface area contributed by atoms with Crippen LogP contribution in [0.4, 0.5) is 0 Å². The minimum Gasteiger partial charge on any atom is -0.496 e. The topological polar surface area (TPSA) is 35.1 Å². The number of nitrogens with two attached hydrogens (primary N) is 1. The van der Waals surface area contributed by atoms with Crippen molar-refractivity contribution >= 4 is 0 Å². The van der Waals surface area contributed by atoms with E-state index in [4.69, 9.17) is 9.47 Å². The van der Waals surface area contributed by atoms with Gasteiger partial charge < -0.3 is 14.8 Å². The van der Waals surface area contributed by atoms with Crippen molar-refractivity contribution in [1.82, 2.24) is 0 Å². The molecule has 0 spiro atoms. The molecular weight excluding hydrogens is 334 g/mol. The summed E-state index contributed by atoms with van der Waals surface area (Å²) in [6.45, 7) is 7.51. The molecule has 1 aliphatic heterocycles. The van der Waals surface area contributed by atoms with Crippen molar-refractivity contribution in [3.63, 3.8) is 0 Å². The van der Waals surface area contributed by atoms with E-state index in [0.29, 0.717) is 12.0 Å². The summed E-state index contributed by atoms with van der Waals surface area (Å²) in [6.07, 6.45) is 3.60. The van der Waals surface area contributed by atoms with Gasteiger partial charge in [0.1, 0.15) is 12.3 Å². The fraction of sp³-hybridized carbons (Fsp3) is 0.500. The first-order chi connectivity index (χ1) is 13.1. The van der Waals surface area contributed by atoms with Gasteiger partial charge in [0.15, 0.2) is 0 Å². The maximum Gasteiger partial charge on any atom is 0.122 e. The van der Waals surface area contributed by atoms with Gasteiger partial charge in [0.05, 0.1) is 19.8 Å². The molecule has 1 fully saturated rings. The van der Waals surface area contributed by atoms with E-state index in [0.717, 1.165) is 44.7 Å². The van der Waals surface area contributed by atoms with Crippen LogP contribution in [0.3, 0.4) is 0 Å². The molecule has 1 aliphatic rings. The van der Waals surface area contributed by atoms with Crippen LogP contribution in [-0.4, -0.2) is 26.4 Å². The second-order valence-corrected chi connectivity index (χ2v) is 8.11. The Morgan fingerprint density at radius 1 is 1.11 bits per heavy atom. The quantitative estimate of drug-likeness (QED) is 0.717. The fourth-order valence-electron chi connectivity index (χ4n) is 4.33. The molecule has 1 saturated heterocycles. The molecule has 3 heteroatoms. The van der Waals surface area contributed by atoms with Crippen molar-refractivity contribution < 1.29 is 14.8 Å². The van der Waals surface area contributed by atoms with Gasteiger partial charge in [-0.25, -0.2) is 0 Å². The molecule has 0 amide bonds. The van der Waals surface area contributed by atoms with Crippen LogP contribution in [0.2, 0.25) is 0 Å². The van der Waals surface area contributed by atoms with Crippen LogP contribution < -0.4 is 10.1 Å². The molecule has 146 valence electrons. The standard InChI is InChI=1S/C24H33NO2/c1-19(2)23-17-24(14-16-27-23,21-11-7-8-12-22(21)26-3)13-15-25-18-20-9-5-4-6-10-20/h4-12,19,23,25H,13-18H2,1-3H3/p+1/t23-,24-/m0/s1. The highest BCUT2D eigenvalue weighted by molar-refractivity contribution is 5.40. The first-order valence-electron chi connectivity index (χ1n) is 10.3. The summed E-state index contributed by atoms with van der Waals surface area (Å²) < 4.78 is 11.9. The molecule has 0 aromatic heterocycles. The molecule has 2 aromatic carbocycles. The number of rotatable bonds is 8. The molecule has 3 rings (SSSR count). The van der Waals surface area contributed by atoms with Gasteiger partial charge in [0, 0.05) is 29.6 Å². The first kappa shape index (κ1) is 19.9. The van der Waals surface area contributed by atoms with E-state index >= 15 is 0 Å². The lowest BCUT2D eigenvalue weighted by Gasteiger charge is -2.43. The van der Waals surface area contributed by atoms with Crippen LogP contribution in [0.15, 0.2) is 54.6 Å². The van der Waals surface area contributed by atoms with Crippen LogP contribution in [0.5, 0.6) is 5.75 Å². The molecule has 0 unspecified atom stereocenters. The van der Waals surface area contributed by atoms with Gasteiger partial charge in [0.25, 0.3) is 0 Å². The Morgan fingerprint density at radius 3 is 2.59 bits per heavy atom. The molecule has 0 radical (unpaired) electrons. The van der Waals surface area contributed by atoms with Crippen molar-refractivity contribution in [3.05, 3.63) is 65.7 Å². The van der Waals surface area contributed by atoms with E-state index in [2.05, 4.69) is 73.8 Å². The number of methoxy groups -OCH3 is 1. The lowest BCUT2D eigenvalue weighted by molar-refractivity contribution is -0.671. The summed E-state index contributed by atoms with van der Waals surface area (Å²) in [5, 5.41) is 2.44. The maximum atomic E-state index is 6.11. The molecule has 27 heavy (non-hydrogen) atoms. The molecule has 2 aromatic rings. The Labute approximate surface area is 164 Å². The predicted octanol–water partition coefficient (Wildman–Crippen LogP) is 3.92. The van der Waals surface area contributed by atoms with Gasteiger partial charge in [-0.2, -0.15) is 0 Å². The zero-order valence-electron chi connectivity index (χ0n) is 17.0. The smallest absolute Gasteiger partial charge is 0.122 e. The van der Waals surface area contributed by atoms with Crippen LogP contribution in [0.25, 0.3) is 0 Å². The summed E-state index contributed by atoms with van der Waals surface area (Å²) in [6, 6.07) is 19.3. The van der Waals surface area contributed by atoms with E-state index < -0.39 is 0 Å². The minimum atomic E-state index is 0.132. The second kappa shape index (κ2) is 9.38. The van der Waals surface area contributed by atoms with Gasteiger partial charge in [-0.15, -0.1) is 0 Å². The van der Waals surface area contributed by atoms with Crippen LogP contribution >= 0.6 is 0 Å². The summed E-state index contributed by atoms with van der Waals surface area (Å²) in [5.74, 6) is 1.55. The third-order valence-corrected chi connectivity index (χ3v) is 5.98. The minimum absolute atomic E-state index is 0.132. The first-order valence-corrected chi connectivity index (χ1v) is 10.3. The monoisotopic (exact) mass is 368 g/mol. The number of ether oxygens (including phenoxy) is 2. The van der Waals surface area contributed by atoms with E-state index in [1.54, 1.807) is 7.11 Å². The Balaban J connectivity index is 1.75. The van der Waals surface area contributed by atoms with E-state index in [-0.39, 0.29) is 5.41 Å². The zero-order chi connectivity index (χ0) is 19.1. The largest absolute Gasteiger partial charge is 0.496 e. The summed E-state index contributed by atoms with van der Waals surface area (Å²) in [4.78, 5) is 0. The number of hydrogen-bond donors (Lipinski definition) is 1. The van der Waals surface area contributed by atoms with Gasteiger partial charge in [-0.05, 0) is 24.8 Å². The average Bonchev–Trinajstić information content (AvgIpc) is 2.72. The van der Waals surface area contributed by atoms with Crippen LogP contribution in [0, 0.1) is 5.92 Å². The lowest BCUT2D eigenvalue weighted by Crippen LogP contribution is -2.83. The molecule has 1 heterocycles. The van der Waals surface area contributed by atoms with Crippen LogP contribution in [-0.2, 0) is 16.7 Å². The fourth-order valence-corrected chi connectivity index (χ4v) is 4.33. The summed E-state index contributed by atoms with van der Waals surface area (Å²) >= 11 is 0. The van der Waals surface area contributed by atoms with E-state index in [9.17, 15) is 0 Å². The molecular formula is C24H34NO2+. The van der Waals surface area contributed by atoms with Crippen molar-refractivity contribution in [2.45, 2.75) is 51.2 Å². The number of hydrogen-bond acceptors (Lipinski definition) is 2. The van der Waals surface area contributed by atoms with E-state index in [1.165, 1.54) is 11.1 Å². The van der Waals surface area contributed by atoms with E-state index in [1.807, 2.05) is 0 Å². The Bertz CT molecular complexity index is 701. The molecule has 0 bridgehead atoms. The normalized spacial score (nSPS) is 22.7. The highest BCUT2D eigenvalue weighted by Crippen LogP contribution is 2.44. The molecule has 2 atom stereocenters. The molecule has 2 N–H and O–H groups in total. The van der Waals surface area contributed by atoms with Crippen molar-refractivity contribution in [3.8, 4) is 5.75 Å². The Kier molecular flexibility index (Phi) is 6.92. The number of quaternary nitrogens is 1. The third kappa shape index (κ3) is 4.91. The molecule has 3 nitrogen and oxygen atoms in total. The number of benzene rings is 2. The Morgan fingerprint density at radius 2 is 1.85 bits per heavy atom. The molecule has 0 saturated carbocycles. The SMILES string of the molecule is COc1ccccc1[C@@]1(CC[NH2+]Cc2ccccc2)CCO[C@H](C(C)C)C1. The van der Waals surface area contributed by atoms with Gasteiger partial charge >= 0.3 is 0 Å². The average molecular weight is 369 g/mol. The number of para-hydroxylation sites is 1. The van der Waals surface area contributed by atoms with Gasteiger partial charge in [0.2, 0.25) is 0 Å².